The second-order valence-corrected chi connectivity index (χ2v) is 9.63. The number of sulfonamides is 1. The summed E-state index contributed by atoms with van der Waals surface area (Å²) in [5.74, 6) is -0.658. The van der Waals surface area contributed by atoms with Crippen LogP contribution in [0.25, 0.3) is 0 Å². The third-order valence-corrected chi connectivity index (χ3v) is 6.80. The van der Waals surface area contributed by atoms with Crippen molar-refractivity contribution in [3.05, 3.63) is 78.2 Å². The molecule has 1 aromatic heterocycles. The maximum atomic E-state index is 13.0. The molecule has 0 aliphatic carbocycles. The molecular formula is C22H22FN3O3S2. The third-order valence-electron chi connectivity index (χ3n) is 4.44. The fourth-order valence-corrected chi connectivity index (χ4v) is 4.34. The van der Waals surface area contributed by atoms with Crippen LogP contribution in [-0.2, 0) is 10.0 Å². The van der Waals surface area contributed by atoms with Gasteiger partial charge in [-0.1, -0.05) is 18.7 Å². The molecule has 0 aliphatic heterocycles. The summed E-state index contributed by atoms with van der Waals surface area (Å²) < 4.78 is 40.2. The number of nitrogens with zero attached hydrogens (tertiary/aromatic N) is 1. The van der Waals surface area contributed by atoms with Gasteiger partial charge in [0.15, 0.2) is 0 Å². The Balaban J connectivity index is 1.63. The molecule has 31 heavy (non-hydrogen) atoms. The Kier molecular flexibility index (Phi) is 7.29. The van der Waals surface area contributed by atoms with Crippen LogP contribution in [0.3, 0.4) is 0 Å². The molecule has 162 valence electrons. The van der Waals surface area contributed by atoms with E-state index in [9.17, 15) is 17.6 Å². The predicted molar refractivity (Wildman–Crippen MR) is 119 cm³/mol. The first-order chi connectivity index (χ1) is 14.8. The van der Waals surface area contributed by atoms with Crippen LogP contribution in [0.5, 0.6) is 0 Å². The predicted octanol–water partition coefficient (Wildman–Crippen LogP) is 4.70. The molecule has 1 unspecified atom stereocenters. The van der Waals surface area contributed by atoms with Gasteiger partial charge in [-0.2, -0.15) is 0 Å². The second kappa shape index (κ2) is 9.93. The van der Waals surface area contributed by atoms with Gasteiger partial charge in [0, 0.05) is 22.8 Å². The number of pyridine rings is 1. The van der Waals surface area contributed by atoms with E-state index in [0.29, 0.717) is 16.3 Å². The normalized spacial score (nSPS) is 12.2. The van der Waals surface area contributed by atoms with Crippen molar-refractivity contribution in [1.29, 1.82) is 0 Å². The lowest BCUT2D eigenvalue weighted by Crippen LogP contribution is -2.31. The summed E-state index contributed by atoms with van der Waals surface area (Å²) in [5.41, 5.74) is 0.883. The Morgan fingerprint density at radius 1 is 1.06 bits per heavy atom. The maximum absolute atomic E-state index is 13.0. The van der Waals surface area contributed by atoms with Crippen LogP contribution < -0.4 is 10.0 Å². The van der Waals surface area contributed by atoms with E-state index in [1.807, 2.05) is 13.8 Å². The van der Waals surface area contributed by atoms with Crippen LogP contribution in [-0.4, -0.2) is 25.4 Å². The second-order valence-electron chi connectivity index (χ2n) is 6.85. The zero-order valence-corrected chi connectivity index (χ0v) is 18.6. The molecule has 1 heterocycles. The first-order valence-corrected chi connectivity index (χ1v) is 11.9. The zero-order chi connectivity index (χ0) is 22.4. The molecule has 6 nitrogen and oxygen atoms in total. The molecule has 2 N–H and O–H groups in total. The van der Waals surface area contributed by atoms with E-state index in [2.05, 4.69) is 15.0 Å². The van der Waals surface area contributed by atoms with Gasteiger partial charge in [-0.3, -0.25) is 9.52 Å². The van der Waals surface area contributed by atoms with E-state index >= 15 is 0 Å². The Bertz CT molecular complexity index is 1130. The fraction of sp³-hybridized carbons (Fsp3) is 0.182. The summed E-state index contributed by atoms with van der Waals surface area (Å²) in [6, 6.07) is 15.0. The van der Waals surface area contributed by atoms with Gasteiger partial charge in [0.25, 0.3) is 15.9 Å². The van der Waals surface area contributed by atoms with Gasteiger partial charge in [0.1, 0.15) is 10.8 Å². The highest BCUT2D eigenvalue weighted by Gasteiger charge is 2.14. The molecule has 0 radical (unpaired) electrons. The molecule has 3 rings (SSSR count). The highest BCUT2D eigenvalue weighted by molar-refractivity contribution is 7.99. The highest BCUT2D eigenvalue weighted by atomic mass is 32.2. The van der Waals surface area contributed by atoms with Crippen molar-refractivity contribution in [3.8, 4) is 0 Å². The Hall–Kier alpha value is -2.91. The van der Waals surface area contributed by atoms with Crippen molar-refractivity contribution in [1.82, 2.24) is 10.3 Å². The molecule has 1 amide bonds. The first kappa shape index (κ1) is 22.8. The summed E-state index contributed by atoms with van der Waals surface area (Å²) in [6.45, 7) is 3.95. The van der Waals surface area contributed by atoms with E-state index in [0.717, 1.165) is 23.4 Å². The van der Waals surface area contributed by atoms with Gasteiger partial charge in [-0.25, -0.2) is 17.8 Å². The number of aromatic nitrogens is 1. The fourth-order valence-electron chi connectivity index (χ4n) is 2.52. The largest absolute Gasteiger partial charge is 0.350 e. The molecule has 1 atom stereocenters. The standard InChI is InChI=1S/C22H22FN3O3S2/c1-3-15(2)25-22(27)16-4-13-21(24-14-16)30-19-9-7-18(8-10-19)26-31(28,29)20-11-5-17(23)6-12-20/h4-15,26H,3H2,1-2H3,(H,25,27). The van der Waals surface area contributed by atoms with Gasteiger partial charge < -0.3 is 5.32 Å². The number of nitrogens with one attached hydrogen (secondary N) is 2. The Labute approximate surface area is 185 Å². The number of carbonyl (C=O) groups is 1. The molecule has 0 saturated carbocycles. The summed E-state index contributed by atoms with van der Waals surface area (Å²) in [5, 5.41) is 3.60. The lowest BCUT2D eigenvalue weighted by atomic mass is 10.2. The smallest absolute Gasteiger partial charge is 0.261 e. The van der Waals surface area contributed by atoms with Gasteiger partial charge >= 0.3 is 0 Å². The molecule has 9 heteroatoms. The quantitative estimate of drug-likeness (QED) is 0.510. The van der Waals surface area contributed by atoms with Crippen LogP contribution in [0.4, 0.5) is 10.1 Å². The number of halogens is 1. The molecule has 0 spiro atoms. The monoisotopic (exact) mass is 459 g/mol. The van der Waals surface area contributed by atoms with Crippen LogP contribution >= 0.6 is 11.8 Å². The van der Waals surface area contributed by atoms with Gasteiger partial charge in [0.05, 0.1) is 10.5 Å². The number of hydrogen-bond donors (Lipinski definition) is 2. The molecule has 0 aliphatic rings. The van der Waals surface area contributed by atoms with Gasteiger partial charge in [0.2, 0.25) is 0 Å². The first-order valence-electron chi connectivity index (χ1n) is 9.60. The number of anilines is 1. The number of hydrogen-bond acceptors (Lipinski definition) is 5. The minimum absolute atomic E-state index is 0.0194. The summed E-state index contributed by atoms with van der Waals surface area (Å²) in [6.07, 6.45) is 2.38. The lowest BCUT2D eigenvalue weighted by Gasteiger charge is -2.11. The van der Waals surface area contributed by atoms with E-state index in [1.54, 1.807) is 36.4 Å². The van der Waals surface area contributed by atoms with Crippen LogP contribution in [0.15, 0.2) is 81.7 Å². The molecular weight excluding hydrogens is 437 g/mol. The van der Waals surface area contributed by atoms with Crippen molar-refractivity contribution < 1.29 is 17.6 Å². The van der Waals surface area contributed by atoms with Crippen molar-refractivity contribution in [2.24, 2.45) is 0 Å². The highest BCUT2D eigenvalue weighted by Crippen LogP contribution is 2.27. The van der Waals surface area contributed by atoms with Gasteiger partial charge in [-0.15, -0.1) is 0 Å². The SMILES string of the molecule is CCC(C)NC(=O)c1ccc(Sc2ccc(NS(=O)(=O)c3ccc(F)cc3)cc2)nc1. The average Bonchev–Trinajstić information content (AvgIpc) is 2.75. The van der Waals surface area contributed by atoms with E-state index in [1.165, 1.54) is 30.1 Å². The minimum atomic E-state index is -3.80. The Morgan fingerprint density at radius 3 is 2.32 bits per heavy atom. The van der Waals surface area contributed by atoms with Crippen LogP contribution in [0.2, 0.25) is 0 Å². The summed E-state index contributed by atoms with van der Waals surface area (Å²) >= 11 is 1.39. The van der Waals surface area contributed by atoms with Crippen LogP contribution in [0.1, 0.15) is 30.6 Å². The molecule has 0 fully saturated rings. The molecule has 0 bridgehead atoms. The number of benzene rings is 2. The molecule has 2 aromatic carbocycles. The number of rotatable bonds is 8. The lowest BCUT2D eigenvalue weighted by molar-refractivity contribution is 0.0938. The van der Waals surface area contributed by atoms with E-state index in [4.69, 9.17) is 0 Å². The number of carbonyl (C=O) groups excluding carboxylic acids is 1. The van der Waals surface area contributed by atoms with E-state index < -0.39 is 15.8 Å². The van der Waals surface area contributed by atoms with E-state index in [-0.39, 0.29) is 16.8 Å². The average molecular weight is 460 g/mol. The molecule has 0 saturated heterocycles. The Morgan fingerprint density at radius 2 is 1.74 bits per heavy atom. The zero-order valence-electron chi connectivity index (χ0n) is 17.0. The van der Waals surface area contributed by atoms with Crippen molar-refractivity contribution >= 4 is 33.4 Å². The van der Waals surface area contributed by atoms with Crippen molar-refractivity contribution in [2.75, 3.05) is 4.72 Å². The summed E-state index contributed by atoms with van der Waals surface area (Å²) in [7, 11) is -3.80. The minimum Gasteiger partial charge on any atom is -0.350 e. The summed E-state index contributed by atoms with van der Waals surface area (Å²) in [4.78, 5) is 17.3. The van der Waals surface area contributed by atoms with Crippen molar-refractivity contribution in [3.63, 3.8) is 0 Å². The van der Waals surface area contributed by atoms with Crippen LogP contribution in [0, 0.1) is 5.82 Å². The number of amides is 1. The van der Waals surface area contributed by atoms with Crippen molar-refractivity contribution in [2.45, 2.75) is 41.1 Å². The molecule has 3 aromatic rings. The third kappa shape index (κ3) is 6.28. The topological polar surface area (TPSA) is 88.2 Å². The maximum Gasteiger partial charge on any atom is 0.261 e. The van der Waals surface area contributed by atoms with Gasteiger partial charge in [-0.05, 0) is 74.0 Å².